The first-order valence-corrected chi connectivity index (χ1v) is 10.6. The first-order valence-electron chi connectivity index (χ1n) is 9.07. The summed E-state index contributed by atoms with van der Waals surface area (Å²) in [4.78, 5) is 12.7. The van der Waals surface area contributed by atoms with E-state index in [2.05, 4.69) is 15.4 Å². The third-order valence-corrected chi connectivity index (χ3v) is 6.20. The molecule has 3 rings (SSSR count). The first-order chi connectivity index (χ1) is 12.8. The number of rotatable bonds is 5. The summed E-state index contributed by atoms with van der Waals surface area (Å²) in [7, 11) is -3.79. The molecule has 1 atom stereocenters. The van der Waals surface area contributed by atoms with E-state index < -0.39 is 10.0 Å². The van der Waals surface area contributed by atoms with Gasteiger partial charge in [-0.3, -0.25) is 9.52 Å². The number of piperidine rings is 1. The van der Waals surface area contributed by atoms with E-state index in [4.69, 9.17) is 0 Å². The van der Waals surface area contributed by atoms with Crippen LogP contribution in [0.2, 0.25) is 0 Å². The zero-order chi connectivity index (χ0) is 19.4. The Morgan fingerprint density at radius 1 is 1.11 bits per heavy atom. The van der Waals surface area contributed by atoms with Crippen LogP contribution < -0.4 is 15.4 Å². The zero-order valence-electron chi connectivity index (χ0n) is 15.6. The topological polar surface area (TPSA) is 87.3 Å². The lowest BCUT2D eigenvalue weighted by atomic mass is 10.1. The average Bonchev–Trinajstić information content (AvgIpc) is 2.64. The molecule has 144 valence electrons. The molecule has 27 heavy (non-hydrogen) atoms. The van der Waals surface area contributed by atoms with Crippen LogP contribution in [0.25, 0.3) is 0 Å². The lowest BCUT2D eigenvalue weighted by Gasteiger charge is -2.24. The van der Waals surface area contributed by atoms with Gasteiger partial charge in [0.05, 0.1) is 4.90 Å². The highest BCUT2D eigenvalue weighted by Gasteiger charge is 2.21. The van der Waals surface area contributed by atoms with E-state index in [-0.39, 0.29) is 16.8 Å². The molecule has 7 heteroatoms. The molecule has 0 aromatic heterocycles. The maximum Gasteiger partial charge on any atom is 0.262 e. The summed E-state index contributed by atoms with van der Waals surface area (Å²) in [6.07, 6.45) is 1.93. The van der Waals surface area contributed by atoms with Crippen molar-refractivity contribution in [2.75, 3.05) is 17.8 Å². The SMILES string of the molecule is Cc1ccc(NS(=O)(=O)c2cc(C(=O)N[C@H]3CCCNC3)ccc2C)cc1. The maximum atomic E-state index is 12.8. The van der Waals surface area contributed by atoms with Crippen LogP contribution in [0.15, 0.2) is 47.4 Å². The number of nitrogens with one attached hydrogen (secondary N) is 3. The number of sulfonamides is 1. The van der Waals surface area contributed by atoms with Crippen LogP contribution in [-0.4, -0.2) is 33.5 Å². The predicted octanol–water partition coefficient (Wildman–Crippen LogP) is 2.59. The van der Waals surface area contributed by atoms with Gasteiger partial charge in [0.25, 0.3) is 15.9 Å². The largest absolute Gasteiger partial charge is 0.348 e. The minimum atomic E-state index is -3.79. The predicted molar refractivity (Wildman–Crippen MR) is 107 cm³/mol. The Kier molecular flexibility index (Phi) is 5.82. The highest BCUT2D eigenvalue weighted by Crippen LogP contribution is 2.21. The summed E-state index contributed by atoms with van der Waals surface area (Å²) in [5.41, 5.74) is 2.47. The lowest BCUT2D eigenvalue weighted by molar-refractivity contribution is 0.0930. The van der Waals surface area contributed by atoms with Gasteiger partial charge in [0, 0.05) is 23.8 Å². The first kappa shape index (κ1) is 19.4. The number of aryl methyl sites for hydroxylation is 2. The van der Waals surface area contributed by atoms with Crippen molar-refractivity contribution in [2.24, 2.45) is 0 Å². The normalized spacial score (nSPS) is 17.3. The van der Waals surface area contributed by atoms with Crippen LogP contribution in [0, 0.1) is 13.8 Å². The summed E-state index contributed by atoms with van der Waals surface area (Å²) >= 11 is 0. The molecule has 1 amide bonds. The molecular weight excluding hydrogens is 362 g/mol. The summed E-state index contributed by atoms with van der Waals surface area (Å²) in [5.74, 6) is -0.254. The fourth-order valence-electron chi connectivity index (χ4n) is 3.11. The molecule has 2 aromatic rings. The number of benzene rings is 2. The number of amides is 1. The van der Waals surface area contributed by atoms with E-state index in [9.17, 15) is 13.2 Å². The van der Waals surface area contributed by atoms with E-state index in [1.54, 1.807) is 31.2 Å². The Labute approximate surface area is 160 Å². The molecular formula is C20H25N3O3S. The van der Waals surface area contributed by atoms with E-state index >= 15 is 0 Å². The molecule has 1 fully saturated rings. The zero-order valence-corrected chi connectivity index (χ0v) is 16.4. The van der Waals surface area contributed by atoms with Crippen molar-refractivity contribution in [3.63, 3.8) is 0 Å². The molecule has 3 N–H and O–H groups in total. The molecule has 0 saturated carbocycles. The highest BCUT2D eigenvalue weighted by molar-refractivity contribution is 7.92. The molecule has 2 aromatic carbocycles. The summed E-state index contributed by atoms with van der Waals surface area (Å²) < 4.78 is 28.2. The van der Waals surface area contributed by atoms with Gasteiger partial charge < -0.3 is 10.6 Å². The molecule has 1 saturated heterocycles. The number of carbonyl (C=O) groups excluding carboxylic acids is 1. The van der Waals surface area contributed by atoms with E-state index in [0.29, 0.717) is 16.8 Å². The van der Waals surface area contributed by atoms with Gasteiger partial charge in [0.1, 0.15) is 0 Å². The van der Waals surface area contributed by atoms with Crippen LogP contribution >= 0.6 is 0 Å². The van der Waals surface area contributed by atoms with Gasteiger partial charge in [-0.05, 0) is 63.1 Å². The van der Waals surface area contributed by atoms with Crippen LogP contribution in [-0.2, 0) is 10.0 Å². The summed E-state index contributed by atoms with van der Waals surface area (Å²) in [5, 5.41) is 6.22. The standard InChI is InChI=1S/C20H25N3O3S/c1-14-5-9-17(10-6-14)23-27(25,26)19-12-16(8-7-15(19)2)20(24)22-18-4-3-11-21-13-18/h5-10,12,18,21,23H,3-4,11,13H2,1-2H3,(H,22,24)/t18-/m0/s1. The second-order valence-corrected chi connectivity index (χ2v) is 8.62. The van der Waals surface area contributed by atoms with Gasteiger partial charge >= 0.3 is 0 Å². The van der Waals surface area contributed by atoms with E-state index in [1.165, 1.54) is 6.07 Å². The molecule has 0 unspecified atom stereocenters. The molecule has 1 aliphatic rings. The van der Waals surface area contributed by atoms with Crippen molar-refractivity contribution in [1.82, 2.24) is 10.6 Å². The van der Waals surface area contributed by atoms with Gasteiger partial charge in [0.15, 0.2) is 0 Å². The second-order valence-electron chi connectivity index (χ2n) is 6.97. The van der Waals surface area contributed by atoms with Crippen molar-refractivity contribution < 1.29 is 13.2 Å². The molecule has 1 aliphatic heterocycles. The van der Waals surface area contributed by atoms with Gasteiger partial charge in [-0.1, -0.05) is 23.8 Å². The summed E-state index contributed by atoms with van der Waals surface area (Å²) in [6, 6.07) is 11.9. The molecule has 0 bridgehead atoms. The van der Waals surface area contributed by atoms with Crippen LogP contribution in [0.5, 0.6) is 0 Å². The molecule has 1 heterocycles. The van der Waals surface area contributed by atoms with Gasteiger partial charge in [-0.25, -0.2) is 8.42 Å². The van der Waals surface area contributed by atoms with E-state index in [1.807, 2.05) is 19.1 Å². The quantitative estimate of drug-likeness (QED) is 0.736. The second kappa shape index (κ2) is 8.10. The fourth-order valence-corrected chi connectivity index (χ4v) is 4.44. The molecule has 6 nitrogen and oxygen atoms in total. The minimum Gasteiger partial charge on any atom is -0.348 e. The summed E-state index contributed by atoms with van der Waals surface area (Å²) in [6.45, 7) is 5.35. The van der Waals surface area contributed by atoms with Crippen molar-refractivity contribution >= 4 is 21.6 Å². The molecule has 0 radical (unpaired) electrons. The lowest BCUT2D eigenvalue weighted by Crippen LogP contribution is -2.45. The smallest absolute Gasteiger partial charge is 0.262 e. The van der Waals surface area contributed by atoms with Gasteiger partial charge in [0.2, 0.25) is 0 Å². The van der Waals surface area contributed by atoms with Crippen molar-refractivity contribution in [2.45, 2.75) is 37.6 Å². The number of hydrogen-bond donors (Lipinski definition) is 3. The Morgan fingerprint density at radius 2 is 1.85 bits per heavy atom. The molecule has 0 aliphatic carbocycles. The van der Waals surface area contributed by atoms with Crippen molar-refractivity contribution in [3.8, 4) is 0 Å². The van der Waals surface area contributed by atoms with Crippen molar-refractivity contribution in [1.29, 1.82) is 0 Å². The Hall–Kier alpha value is -2.38. The number of carbonyl (C=O) groups is 1. The fraction of sp³-hybridized carbons (Fsp3) is 0.350. The third kappa shape index (κ3) is 4.87. The average molecular weight is 388 g/mol. The maximum absolute atomic E-state index is 12.8. The van der Waals surface area contributed by atoms with Gasteiger partial charge in [-0.15, -0.1) is 0 Å². The van der Waals surface area contributed by atoms with Crippen LogP contribution in [0.4, 0.5) is 5.69 Å². The Morgan fingerprint density at radius 3 is 2.52 bits per heavy atom. The number of anilines is 1. The minimum absolute atomic E-state index is 0.0679. The van der Waals surface area contributed by atoms with Crippen molar-refractivity contribution in [3.05, 3.63) is 59.2 Å². The monoisotopic (exact) mass is 387 g/mol. The van der Waals surface area contributed by atoms with E-state index in [0.717, 1.165) is 31.5 Å². The Balaban J connectivity index is 1.81. The third-order valence-electron chi connectivity index (χ3n) is 4.68. The Bertz CT molecular complexity index is 918. The number of hydrogen-bond acceptors (Lipinski definition) is 4. The highest BCUT2D eigenvalue weighted by atomic mass is 32.2. The molecule has 0 spiro atoms. The van der Waals surface area contributed by atoms with Gasteiger partial charge in [-0.2, -0.15) is 0 Å². The van der Waals surface area contributed by atoms with Crippen LogP contribution in [0.1, 0.15) is 34.3 Å². The van der Waals surface area contributed by atoms with Crippen LogP contribution in [0.3, 0.4) is 0 Å².